The number of hydrogen-bond donors (Lipinski definition) is 2. The number of primary amides is 1. The first-order chi connectivity index (χ1) is 8.47. The lowest BCUT2D eigenvalue weighted by Gasteiger charge is -2.22. The quantitative estimate of drug-likeness (QED) is 0.740. The van der Waals surface area contributed by atoms with Crippen LogP contribution in [-0.2, 0) is 9.63 Å². The van der Waals surface area contributed by atoms with Crippen molar-refractivity contribution in [1.82, 2.24) is 0 Å². The van der Waals surface area contributed by atoms with E-state index in [9.17, 15) is 9.59 Å². The highest BCUT2D eigenvalue weighted by atomic mass is 16.7. The highest BCUT2D eigenvalue weighted by Crippen LogP contribution is 2.22. The number of hydrogen-bond acceptors (Lipinski definition) is 4. The largest absolute Gasteiger partial charge is 0.394 e. The summed E-state index contributed by atoms with van der Waals surface area (Å²) in [5.41, 5.74) is 6.67. The molecule has 18 heavy (non-hydrogen) atoms. The molecular formula is C12H16N2O4. The lowest BCUT2D eigenvalue weighted by atomic mass is 10.1. The van der Waals surface area contributed by atoms with Crippen LogP contribution in [0.4, 0.5) is 5.69 Å². The van der Waals surface area contributed by atoms with Crippen LogP contribution in [0.2, 0.25) is 0 Å². The van der Waals surface area contributed by atoms with Gasteiger partial charge in [-0.1, -0.05) is 6.07 Å². The van der Waals surface area contributed by atoms with Crippen LogP contribution in [0.5, 0.6) is 0 Å². The van der Waals surface area contributed by atoms with Crippen molar-refractivity contribution in [2.24, 2.45) is 5.73 Å². The van der Waals surface area contributed by atoms with Gasteiger partial charge in [0.25, 0.3) is 0 Å². The van der Waals surface area contributed by atoms with Gasteiger partial charge in [-0.3, -0.25) is 14.4 Å². The Morgan fingerprint density at radius 1 is 1.44 bits per heavy atom. The van der Waals surface area contributed by atoms with Crippen LogP contribution in [0.15, 0.2) is 18.2 Å². The number of carbonyl (C=O) groups is 2. The molecule has 0 saturated heterocycles. The van der Waals surface area contributed by atoms with Gasteiger partial charge in [-0.25, -0.2) is 0 Å². The van der Waals surface area contributed by atoms with Crippen LogP contribution in [0, 0.1) is 6.92 Å². The van der Waals surface area contributed by atoms with Gasteiger partial charge in [0.05, 0.1) is 18.9 Å². The minimum Gasteiger partial charge on any atom is -0.394 e. The summed E-state index contributed by atoms with van der Waals surface area (Å²) in [5, 5.41) is 9.76. The third-order valence-corrected chi connectivity index (χ3v) is 2.31. The summed E-state index contributed by atoms with van der Waals surface area (Å²) in [5.74, 6) is -0.935. The zero-order chi connectivity index (χ0) is 13.7. The van der Waals surface area contributed by atoms with Crippen molar-refractivity contribution < 1.29 is 19.5 Å². The zero-order valence-electron chi connectivity index (χ0n) is 10.3. The van der Waals surface area contributed by atoms with Gasteiger partial charge in [-0.15, -0.1) is 0 Å². The van der Waals surface area contributed by atoms with E-state index in [0.717, 1.165) is 10.6 Å². The summed E-state index contributed by atoms with van der Waals surface area (Å²) < 4.78 is 0. The Hall–Kier alpha value is -1.92. The van der Waals surface area contributed by atoms with Crippen LogP contribution in [0.3, 0.4) is 0 Å². The van der Waals surface area contributed by atoms with Gasteiger partial charge in [0.15, 0.2) is 0 Å². The molecule has 1 rings (SSSR count). The summed E-state index contributed by atoms with van der Waals surface area (Å²) >= 11 is 0. The van der Waals surface area contributed by atoms with Gasteiger partial charge in [0, 0.05) is 12.5 Å². The van der Waals surface area contributed by atoms with Gasteiger partial charge in [0.2, 0.25) is 11.8 Å². The summed E-state index contributed by atoms with van der Waals surface area (Å²) in [6.07, 6.45) is 0. The normalized spacial score (nSPS) is 10.2. The van der Waals surface area contributed by atoms with E-state index in [-0.39, 0.29) is 24.7 Å². The average Bonchev–Trinajstić information content (AvgIpc) is 2.31. The number of benzene rings is 1. The maximum absolute atomic E-state index is 11.5. The molecule has 1 aromatic rings. The summed E-state index contributed by atoms with van der Waals surface area (Å²) in [6, 6.07) is 4.73. The lowest BCUT2D eigenvalue weighted by molar-refractivity contribution is -0.124. The fourth-order valence-electron chi connectivity index (χ4n) is 1.44. The van der Waals surface area contributed by atoms with Crippen molar-refractivity contribution in [3.05, 3.63) is 29.3 Å². The van der Waals surface area contributed by atoms with Crippen LogP contribution < -0.4 is 10.8 Å². The topological polar surface area (TPSA) is 92.9 Å². The monoisotopic (exact) mass is 252 g/mol. The van der Waals surface area contributed by atoms with Crippen LogP contribution >= 0.6 is 0 Å². The molecule has 3 N–H and O–H groups in total. The second kappa shape index (κ2) is 6.13. The number of carbonyl (C=O) groups excluding carboxylic acids is 2. The van der Waals surface area contributed by atoms with E-state index in [0.29, 0.717) is 5.69 Å². The first kappa shape index (κ1) is 14.1. The Labute approximate surface area is 105 Å². The molecular weight excluding hydrogens is 236 g/mol. The Bertz CT molecular complexity index is 459. The van der Waals surface area contributed by atoms with Gasteiger partial charge in [-0.05, 0) is 24.6 Å². The SMILES string of the molecule is CC(=O)N(OCCO)c1cc(C(N)=O)ccc1C. The summed E-state index contributed by atoms with van der Waals surface area (Å²) in [6.45, 7) is 2.88. The van der Waals surface area contributed by atoms with Crippen molar-refractivity contribution in [1.29, 1.82) is 0 Å². The standard InChI is InChI=1S/C12H16N2O4/c1-8-3-4-10(12(13)17)7-11(8)14(9(2)16)18-6-5-15/h3-4,7,15H,5-6H2,1-2H3,(H2,13,17). The molecule has 0 atom stereocenters. The molecule has 0 unspecified atom stereocenters. The third-order valence-electron chi connectivity index (χ3n) is 2.31. The number of nitrogens with zero attached hydrogens (tertiary/aromatic N) is 1. The molecule has 0 aliphatic rings. The number of rotatable bonds is 5. The van der Waals surface area contributed by atoms with Gasteiger partial charge in [0.1, 0.15) is 0 Å². The van der Waals surface area contributed by atoms with Gasteiger partial charge < -0.3 is 10.8 Å². The highest BCUT2D eigenvalue weighted by molar-refractivity contribution is 5.96. The Morgan fingerprint density at radius 3 is 2.61 bits per heavy atom. The Balaban J connectivity index is 3.13. The third kappa shape index (κ3) is 3.28. The van der Waals surface area contributed by atoms with Crippen molar-refractivity contribution in [3.63, 3.8) is 0 Å². The molecule has 0 radical (unpaired) electrons. The maximum atomic E-state index is 11.5. The second-order valence-corrected chi connectivity index (χ2v) is 3.74. The smallest absolute Gasteiger partial charge is 0.248 e. The van der Waals surface area contributed by atoms with Crippen LogP contribution in [-0.4, -0.2) is 30.1 Å². The molecule has 0 saturated carbocycles. The minimum absolute atomic E-state index is 0.0141. The summed E-state index contributed by atoms with van der Waals surface area (Å²) in [4.78, 5) is 27.7. The molecule has 2 amide bonds. The molecule has 98 valence electrons. The predicted octanol–water partition coefficient (Wildman–Crippen LogP) is 0.371. The lowest BCUT2D eigenvalue weighted by Crippen LogP contribution is -2.31. The maximum Gasteiger partial charge on any atom is 0.248 e. The number of aliphatic hydroxyl groups is 1. The summed E-state index contributed by atoms with van der Waals surface area (Å²) in [7, 11) is 0. The number of hydroxylamine groups is 1. The van der Waals surface area contributed by atoms with E-state index in [4.69, 9.17) is 15.7 Å². The van der Waals surface area contributed by atoms with Crippen molar-refractivity contribution in [3.8, 4) is 0 Å². The van der Waals surface area contributed by atoms with E-state index in [2.05, 4.69) is 0 Å². The minimum atomic E-state index is -0.582. The van der Waals surface area contributed by atoms with Crippen LogP contribution in [0.25, 0.3) is 0 Å². The molecule has 0 spiro atoms. The zero-order valence-corrected chi connectivity index (χ0v) is 10.3. The van der Waals surface area contributed by atoms with E-state index in [1.165, 1.54) is 13.0 Å². The van der Waals surface area contributed by atoms with E-state index >= 15 is 0 Å². The number of aliphatic hydroxyl groups excluding tert-OH is 1. The number of aryl methyl sites for hydroxylation is 1. The molecule has 0 fully saturated rings. The van der Waals surface area contributed by atoms with Crippen molar-refractivity contribution in [2.45, 2.75) is 13.8 Å². The van der Waals surface area contributed by atoms with Gasteiger partial charge in [-0.2, -0.15) is 5.06 Å². The van der Waals surface area contributed by atoms with E-state index < -0.39 is 5.91 Å². The second-order valence-electron chi connectivity index (χ2n) is 3.74. The molecule has 0 aromatic heterocycles. The Kier molecular flexibility index (Phi) is 4.82. The van der Waals surface area contributed by atoms with Crippen molar-refractivity contribution >= 4 is 17.5 Å². The Morgan fingerprint density at radius 2 is 2.11 bits per heavy atom. The fourth-order valence-corrected chi connectivity index (χ4v) is 1.44. The number of amides is 2. The number of nitrogens with two attached hydrogens (primary N) is 1. The average molecular weight is 252 g/mol. The molecule has 6 heteroatoms. The molecule has 6 nitrogen and oxygen atoms in total. The van der Waals surface area contributed by atoms with Crippen molar-refractivity contribution in [2.75, 3.05) is 18.3 Å². The predicted molar refractivity (Wildman–Crippen MR) is 65.9 cm³/mol. The number of anilines is 1. The fraction of sp³-hybridized carbons (Fsp3) is 0.333. The van der Waals surface area contributed by atoms with E-state index in [1.807, 2.05) is 0 Å². The molecule has 0 aliphatic carbocycles. The molecule has 0 heterocycles. The van der Waals surface area contributed by atoms with Gasteiger partial charge >= 0.3 is 0 Å². The molecule has 0 bridgehead atoms. The molecule has 0 aliphatic heterocycles. The molecule has 1 aromatic carbocycles. The van der Waals surface area contributed by atoms with Crippen LogP contribution in [0.1, 0.15) is 22.8 Å². The first-order valence-electron chi connectivity index (χ1n) is 5.42. The first-order valence-corrected chi connectivity index (χ1v) is 5.42. The van der Waals surface area contributed by atoms with E-state index in [1.54, 1.807) is 19.1 Å². The highest BCUT2D eigenvalue weighted by Gasteiger charge is 2.16.